The molecule has 0 spiro atoms. The first kappa shape index (κ1) is 21.1. The Morgan fingerprint density at radius 3 is 1.74 bits per heavy atom. The normalized spacial score (nSPS) is 12.9. The summed E-state index contributed by atoms with van der Waals surface area (Å²) in [4.78, 5) is 45.2. The Kier molecular flexibility index (Phi) is 10.7. The van der Waals surface area contributed by atoms with Gasteiger partial charge in [0.05, 0.1) is 6.61 Å². The van der Waals surface area contributed by atoms with Crippen LogP contribution in [0.5, 0.6) is 0 Å². The second-order valence-corrected chi connectivity index (χ2v) is 5.19. The van der Waals surface area contributed by atoms with Crippen LogP contribution in [-0.4, -0.2) is 42.5 Å². The van der Waals surface area contributed by atoms with E-state index in [4.69, 9.17) is 14.2 Å². The molecule has 0 saturated carbocycles. The predicted octanol–water partition coefficient (Wildman–Crippen LogP) is 1.95. The first-order valence-corrected chi connectivity index (χ1v) is 7.84. The molecule has 2 unspecified atom stereocenters. The van der Waals surface area contributed by atoms with Crippen molar-refractivity contribution in [2.24, 2.45) is 0 Å². The van der Waals surface area contributed by atoms with E-state index in [0.717, 1.165) is 0 Å². The van der Waals surface area contributed by atoms with Crippen LogP contribution in [0.2, 0.25) is 0 Å². The van der Waals surface area contributed by atoms with E-state index in [1.54, 1.807) is 6.92 Å². The third-order valence-corrected chi connectivity index (χ3v) is 3.07. The molecule has 0 aromatic rings. The number of carbonyl (C=O) groups excluding carboxylic acids is 4. The summed E-state index contributed by atoms with van der Waals surface area (Å²) in [7, 11) is 0. The van der Waals surface area contributed by atoms with Crippen molar-refractivity contribution in [3.63, 3.8) is 0 Å². The number of hydrogen-bond donors (Lipinski definition) is 0. The van der Waals surface area contributed by atoms with E-state index in [1.165, 1.54) is 20.8 Å². The molecule has 132 valence electrons. The van der Waals surface area contributed by atoms with Crippen molar-refractivity contribution in [2.45, 2.75) is 72.0 Å². The molecular weight excluding hydrogens is 304 g/mol. The van der Waals surface area contributed by atoms with Gasteiger partial charge in [0.25, 0.3) is 0 Å². The molecule has 0 heterocycles. The molecule has 0 bridgehead atoms. The molecule has 0 aliphatic heterocycles. The molecule has 0 radical (unpaired) electrons. The molecule has 2 atom stereocenters. The minimum absolute atomic E-state index is 0.169. The van der Waals surface area contributed by atoms with Gasteiger partial charge in [0.1, 0.15) is 0 Å². The van der Waals surface area contributed by atoms with Crippen LogP contribution < -0.4 is 0 Å². The Morgan fingerprint density at radius 1 is 0.826 bits per heavy atom. The maximum atomic E-state index is 11.5. The average Bonchev–Trinajstić information content (AvgIpc) is 2.46. The predicted molar refractivity (Wildman–Crippen MR) is 81.5 cm³/mol. The van der Waals surface area contributed by atoms with Gasteiger partial charge in [0.2, 0.25) is 0 Å². The largest absolute Gasteiger partial charge is 0.463 e. The van der Waals surface area contributed by atoms with Gasteiger partial charge in [-0.15, -0.1) is 0 Å². The third-order valence-electron chi connectivity index (χ3n) is 3.07. The van der Waals surface area contributed by atoms with Gasteiger partial charge < -0.3 is 14.2 Å². The van der Waals surface area contributed by atoms with E-state index < -0.39 is 30.1 Å². The maximum Gasteiger partial charge on any atom is 0.347 e. The van der Waals surface area contributed by atoms with Crippen LogP contribution in [0, 0.1) is 0 Å². The second kappa shape index (κ2) is 11.6. The first-order valence-electron chi connectivity index (χ1n) is 7.84. The Hall–Kier alpha value is -1.92. The van der Waals surface area contributed by atoms with Gasteiger partial charge >= 0.3 is 17.9 Å². The van der Waals surface area contributed by atoms with Crippen LogP contribution in [0.25, 0.3) is 0 Å². The molecule has 0 amide bonds. The SMILES string of the molecule is CCOC(=O)C(C)OC(=O)CCCCCC(=O)OC(C)C(C)=O. The van der Waals surface area contributed by atoms with Crippen molar-refractivity contribution >= 4 is 23.7 Å². The number of carbonyl (C=O) groups is 4. The third kappa shape index (κ3) is 10.4. The average molecular weight is 330 g/mol. The molecule has 7 nitrogen and oxygen atoms in total. The molecule has 0 rings (SSSR count). The topological polar surface area (TPSA) is 96.0 Å². The molecule has 7 heteroatoms. The lowest BCUT2D eigenvalue weighted by molar-refractivity contribution is -0.166. The highest BCUT2D eigenvalue weighted by Crippen LogP contribution is 2.08. The standard InChI is InChI=1S/C16H26O7/c1-5-21-16(20)13(4)23-15(19)10-8-6-7-9-14(18)22-12(3)11(2)17/h12-13H,5-10H2,1-4H3. The number of ketones is 1. The van der Waals surface area contributed by atoms with Crippen molar-refractivity contribution in [1.82, 2.24) is 0 Å². The highest BCUT2D eigenvalue weighted by Gasteiger charge is 2.18. The van der Waals surface area contributed by atoms with Gasteiger partial charge in [-0.25, -0.2) is 4.79 Å². The molecule has 0 N–H and O–H groups in total. The van der Waals surface area contributed by atoms with Gasteiger partial charge in [0.15, 0.2) is 18.0 Å². The van der Waals surface area contributed by atoms with Gasteiger partial charge in [-0.1, -0.05) is 6.42 Å². The molecule has 0 aliphatic carbocycles. The van der Waals surface area contributed by atoms with Crippen LogP contribution in [-0.2, 0) is 33.4 Å². The fourth-order valence-electron chi connectivity index (χ4n) is 1.62. The summed E-state index contributed by atoms with van der Waals surface area (Å²) in [6.45, 7) is 6.26. The van der Waals surface area contributed by atoms with Crippen LogP contribution >= 0.6 is 0 Å². The van der Waals surface area contributed by atoms with Crippen LogP contribution in [0.4, 0.5) is 0 Å². The Morgan fingerprint density at radius 2 is 1.30 bits per heavy atom. The molecule has 0 aromatic carbocycles. The zero-order chi connectivity index (χ0) is 17.8. The summed E-state index contributed by atoms with van der Waals surface area (Å²) in [6.07, 6.45) is 0.488. The molecule has 0 fully saturated rings. The summed E-state index contributed by atoms with van der Waals surface area (Å²) in [5.74, 6) is -1.66. The maximum absolute atomic E-state index is 11.5. The summed E-state index contributed by atoms with van der Waals surface area (Å²) in [6, 6.07) is 0. The minimum atomic E-state index is -0.912. The summed E-state index contributed by atoms with van der Waals surface area (Å²) in [5.41, 5.74) is 0. The molecule has 0 saturated heterocycles. The van der Waals surface area contributed by atoms with Gasteiger partial charge in [-0.05, 0) is 40.5 Å². The minimum Gasteiger partial charge on any atom is -0.463 e. The van der Waals surface area contributed by atoms with E-state index >= 15 is 0 Å². The quantitative estimate of drug-likeness (QED) is 0.324. The van der Waals surface area contributed by atoms with E-state index in [-0.39, 0.29) is 25.2 Å². The Balaban J connectivity index is 3.75. The monoisotopic (exact) mass is 330 g/mol. The summed E-state index contributed by atoms with van der Waals surface area (Å²) in [5, 5.41) is 0. The second-order valence-electron chi connectivity index (χ2n) is 5.19. The zero-order valence-corrected chi connectivity index (χ0v) is 14.3. The van der Waals surface area contributed by atoms with Crippen LogP contribution in [0.15, 0.2) is 0 Å². The van der Waals surface area contributed by atoms with Gasteiger partial charge in [-0.3, -0.25) is 14.4 Å². The fraction of sp³-hybridized carbons (Fsp3) is 0.750. The fourth-order valence-corrected chi connectivity index (χ4v) is 1.62. The van der Waals surface area contributed by atoms with Crippen molar-refractivity contribution in [3.05, 3.63) is 0 Å². The van der Waals surface area contributed by atoms with E-state index in [9.17, 15) is 19.2 Å². The van der Waals surface area contributed by atoms with Crippen molar-refractivity contribution in [3.8, 4) is 0 Å². The van der Waals surface area contributed by atoms with Crippen LogP contribution in [0.3, 0.4) is 0 Å². The summed E-state index contributed by atoms with van der Waals surface area (Å²) >= 11 is 0. The number of rotatable bonds is 11. The first-order chi connectivity index (χ1) is 10.8. The lowest BCUT2D eigenvalue weighted by atomic mass is 10.1. The summed E-state index contributed by atoms with van der Waals surface area (Å²) < 4.78 is 14.6. The van der Waals surface area contributed by atoms with Gasteiger partial charge in [0, 0.05) is 12.8 Å². The number of ether oxygens (including phenoxy) is 3. The highest BCUT2D eigenvalue weighted by molar-refractivity contribution is 5.83. The zero-order valence-electron chi connectivity index (χ0n) is 14.3. The van der Waals surface area contributed by atoms with E-state index in [2.05, 4.69) is 0 Å². The van der Waals surface area contributed by atoms with Gasteiger partial charge in [-0.2, -0.15) is 0 Å². The van der Waals surface area contributed by atoms with Crippen LogP contribution in [0.1, 0.15) is 59.8 Å². The number of Topliss-reactive ketones (excluding diaryl/α,β-unsaturated/α-hetero) is 1. The Labute approximate surface area is 136 Å². The lowest BCUT2D eigenvalue weighted by Gasteiger charge is -2.12. The Bertz CT molecular complexity index is 417. The molecule has 0 aliphatic rings. The molecule has 0 aromatic heterocycles. The number of hydrogen-bond acceptors (Lipinski definition) is 7. The number of esters is 3. The van der Waals surface area contributed by atoms with E-state index in [1.807, 2.05) is 0 Å². The van der Waals surface area contributed by atoms with E-state index in [0.29, 0.717) is 19.3 Å². The van der Waals surface area contributed by atoms with Crippen molar-refractivity contribution in [2.75, 3.05) is 6.61 Å². The molecular formula is C16H26O7. The smallest absolute Gasteiger partial charge is 0.347 e. The van der Waals surface area contributed by atoms with Crippen molar-refractivity contribution < 1.29 is 33.4 Å². The lowest BCUT2D eigenvalue weighted by Crippen LogP contribution is -2.26. The highest BCUT2D eigenvalue weighted by atomic mass is 16.6. The molecule has 23 heavy (non-hydrogen) atoms. The number of unbranched alkanes of at least 4 members (excludes halogenated alkanes) is 2. The van der Waals surface area contributed by atoms with Crippen molar-refractivity contribution in [1.29, 1.82) is 0 Å².